The van der Waals surface area contributed by atoms with Crippen molar-refractivity contribution in [1.29, 1.82) is 0 Å². The smallest absolute Gasteiger partial charge is 0.373 e. The molecule has 0 saturated heterocycles. The van der Waals surface area contributed by atoms with Crippen LogP contribution in [0.2, 0.25) is 0 Å². The van der Waals surface area contributed by atoms with Gasteiger partial charge in [0.2, 0.25) is 11.7 Å². The van der Waals surface area contributed by atoms with Crippen LogP contribution in [0.25, 0.3) is 21.5 Å². The predicted molar refractivity (Wildman–Crippen MR) is 78.3 cm³/mol. The molecular weight excluding hydrogens is 274 g/mol. The normalized spacial score (nSPS) is 11.1. The third kappa shape index (κ3) is 2.10. The van der Waals surface area contributed by atoms with Gasteiger partial charge < -0.3 is 9.52 Å². The number of hydrogen-bond acceptors (Lipinski definition) is 4. The van der Waals surface area contributed by atoms with Gasteiger partial charge in [-0.15, -0.1) is 11.3 Å². The first-order chi connectivity index (χ1) is 9.70. The molecule has 0 spiro atoms. The van der Waals surface area contributed by atoms with E-state index in [0.29, 0.717) is 18.0 Å². The molecule has 102 valence electrons. The van der Waals surface area contributed by atoms with E-state index in [9.17, 15) is 9.90 Å². The lowest BCUT2D eigenvalue weighted by Gasteiger charge is -1.92. The number of aryl methyl sites for hydroxylation is 1. The number of carboxylic acid groups (broad SMARTS) is 1. The molecule has 0 bridgehead atoms. The molecule has 0 unspecified atom stereocenters. The third-order valence-corrected chi connectivity index (χ3v) is 4.05. The van der Waals surface area contributed by atoms with Gasteiger partial charge in [-0.3, -0.25) is 0 Å². The van der Waals surface area contributed by atoms with Crippen molar-refractivity contribution in [3.63, 3.8) is 0 Å². The molecule has 0 aliphatic heterocycles. The van der Waals surface area contributed by atoms with Crippen molar-refractivity contribution in [3.8, 4) is 11.5 Å². The SMILES string of the molecule is CCCc1nc(-c2csc3ccccc23)oc1C(=O)O. The molecule has 0 atom stereocenters. The van der Waals surface area contributed by atoms with Crippen LogP contribution in [0.15, 0.2) is 34.1 Å². The summed E-state index contributed by atoms with van der Waals surface area (Å²) in [6.07, 6.45) is 1.43. The monoisotopic (exact) mass is 287 g/mol. The van der Waals surface area contributed by atoms with Crippen LogP contribution in [0.1, 0.15) is 29.6 Å². The fourth-order valence-electron chi connectivity index (χ4n) is 2.18. The minimum atomic E-state index is -1.06. The molecule has 0 amide bonds. The van der Waals surface area contributed by atoms with Gasteiger partial charge in [0.1, 0.15) is 0 Å². The molecule has 4 nitrogen and oxygen atoms in total. The van der Waals surface area contributed by atoms with E-state index in [0.717, 1.165) is 22.1 Å². The molecule has 2 heterocycles. The summed E-state index contributed by atoms with van der Waals surface area (Å²) < 4.78 is 6.61. The van der Waals surface area contributed by atoms with E-state index in [1.165, 1.54) is 0 Å². The first-order valence-corrected chi connectivity index (χ1v) is 7.28. The van der Waals surface area contributed by atoms with E-state index < -0.39 is 5.97 Å². The van der Waals surface area contributed by atoms with Crippen molar-refractivity contribution in [2.75, 3.05) is 0 Å². The van der Waals surface area contributed by atoms with Crippen molar-refractivity contribution in [3.05, 3.63) is 41.1 Å². The highest BCUT2D eigenvalue weighted by molar-refractivity contribution is 7.17. The van der Waals surface area contributed by atoms with E-state index in [2.05, 4.69) is 4.98 Å². The Morgan fingerprint density at radius 2 is 2.20 bits per heavy atom. The average Bonchev–Trinajstić information content (AvgIpc) is 3.02. The zero-order chi connectivity index (χ0) is 14.1. The summed E-state index contributed by atoms with van der Waals surface area (Å²) in [6, 6.07) is 7.94. The molecule has 0 fully saturated rings. The van der Waals surface area contributed by atoms with E-state index in [-0.39, 0.29) is 5.76 Å². The number of oxazole rings is 1. The van der Waals surface area contributed by atoms with Crippen molar-refractivity contribution >= 4 is 27.4 Å². The minimum absolute atomic E-state index is 0.0443. The Morgan fingerprint density at radius 3 is 2.95 bits per heavy atom. The summed E-state index contributed by atoms with van der Waals surface area (Å²) in [7, 11) is 0. The minimum Gasteiger partial charge on any atom is -0.475 e. The van der Waals surface area contributed by atoms with Crippen LogP contribution in [0.4, 0.5) is 0 Å². The van der Waals surface area contributed by atoms with E-state index in [1.54, 1.807) is 11.3 Å². The van der Waals surface area contributed by atoms with Crippen molar-refractivity contribution in [1.82, 2.24) is 4.98 Å². The number of rotatable bonds is 4. The first-order valence-electron chi connectivity index (χ1n) is 6.40. The van der Waals surface area contributed by atoms with Gasteiger partial charge in [0.15, 0.2) is 0 Å². The molecule has 20 heavy (non-hydrogen) atoms. The number of nitrogens with zero attached hydrogens (tertiary/aromatic N) is 1. The summed E-state index contributed by atoms with van der Waals surface area (Å²) in [4.78, 5) is 15.6. The van der Waals surface area contributed by atoms with E-state index in [1.807, 2.05) is 36.6 Å². The second kappa shape index (κ2) is 5.09. The topological polar surface area (TPSA) is 63.3 Å². The molecule has 1 N–H and O–H groups in total. The second-order valence-corrected chi connectivity index (χ2v) is 5.41. The van der Waals surface area contributed by atoms with Crippen LogP contribution in [0.3, 0.4) is 0 Å². The molecule has 0 aliphatic rings. The Kier molecular flexibility index (Phi) is 3.28. The lowest BCUT2D eigenvalue weighted by molar-refractivity contribution is 0.0661. The number of carbonyl (C=O) groups is 1. The standard InChI is InChI=1S/C15H13NO3S/c1-2-5-11-13(15(17)18)19-14(16-11)10-8-20-12-7-4-3-6-9(10)12/h3-4,6-8H,2,5H2,1H3,(H,17,18). The van der Waals surface area contributed by atoms with Gasteiger partial charge in [0, 0.05) is 15.5 Å². The number of hydrogen-bond donors (Lipinski definition) is 1. The number of thiophene rings is 1. The van der Waals surface area contributed by atoms with E-state index in [4.69, 9.17) is 4.42 Å². The molecule has 2 aromatic heterocycles. The van der Waals surface area contributed by atoms with Crippen LogP contribution >= 0.6 is 11.3 Å². The average molecular weight is 287 g/mol. The summed E-state index contributed by atoms with van der Waals surface area (Å²) in [5, 5.41) is 12.2. The molecule has 1 aromatic carbocycles. The summed E-state index contributed by atoms with van der Waals surface area (Å²) in [6.45, 7) is 1.99. The maximum Gasteiger partial charge on any atom is 0.373 e. The van der Waals surface area contributed by atoms with Gasteiger partial charge in [0.05, 0.1) is 11.3 Å². The lowest BCUT2D eigenvalue weighted by Crippen LogP contribution is -1.99. The number of fused-ring (bicyclic) bond motifs is 1. The maximum absolute atomic E-state index is 11.2. The second-order valence-electron chi connectivity index (χ2n) is 4.50. The largest absolute Gasteiger partial charge is 0.475 e. The first kappa shape index (κ1) is 12.9. The van der Waals surface area contributed by atoms with Crippen LogP contribution in [-0.4, -0.2) is 16.1 Å². The van der Waals surface area contributed by atoms with Crippen molar-refractivity contribution < 1.29 is 14.3 Å². The molecular formula is C15H13NO3S. The molecule has 3 aromatic rings. The Bertz CT molecular complexity index is 772. The predicted octanol–water partition coefficient (Wildman–Crippen LogP) is 4.21. The Labute approximate surface area is 119 Å². The quantitative estimate of drug-likeness (QED) is 0.780. The number of benzene rings is 1. The van der Waals surface area contributed by atoms with Crippen LogP contribution in [-0.2, 0) is 6.42 Å². The number of aromatic nitrogens is 1. The maximum atomic E-state index is 11.2. The summed E-state index contributed by atoms with van der Waals surface area (Å²) in [5.41, 5.74) is 1.38. The van der Waals surface area contributed by atoms with Gasteiger partial charge in [-0.25, -0.2) is 9.78 Å². The van der Waals surface area contributed by atoms with Crippen molar-refractivity contribution in [2.24, 2.45) is 0 Å². The lowest BCUT2D eigenvalue weighted by atomic mass is 10.2. The highest BCUT2D eigenvalue weighted by atomic mass is 32.1. The number of aromatic carboxylic acids is 1. The van der Waals surface area contributed by atoms with Gasteiger partial charge in [-0.2, -0.15) is 0 Å². The summed E-state index contributed by atoms with van der Waals surface area (Å²) >= 11 is 1.60. The molecule has 5 heteroatoms. The zero-order valence-corrected chi connectivity index (χ0v) is 11.7. The Balaban J connectivity index is 2.14. The van der Waals surface area contributed by atoms with Crippen LogP contribution in [0.5, 0.6) is 0 Å². The molecule has 0 saturated carbocycles. The van der Waals surface area contributed by atoms with Crippen LogP contribution in [0, 0.1) is 0 Å². The fraction of sp³-hybridized carbons (Fsp3) is 0.200. The molecule has 0 aliphatic carbocycles. The van der Waals surface area contributed by atoms with Crippen LogP contribution < -0.4 is 0 Å². The number of carboxylic acids is 1. The van der Waals surface area contributed by atoms with E-state index >= 15 is 0 Å². The Hall–Kier alpha value is -2.14. The Morgan fingerprint density at radius 1 is 1.40 bits per heavy atom. The van der Waals surface area contributed by atoms with Gasteiger partial charge in [0.25, 0.3) is 0 Å². The molecule has 3 rings (SSSR count). The highest BCUT2D eigenvalue weighted by Crippen LogP contribution is 2.34. The molecule has 0 radical (unpaired) electrons. The van der Waals surface area contributed by atoms with Gasteiger partial charge in [-0.1, -0.05) is 31.5 Å². The van der Waals surface area contributed by atoms with Gasteiger partial charge >= 0.3 is 5.97 Å². The van der Waals surface area contributed by atoms with Crippen molar-refractivity contribution in [2.45, 2.75) is 19.8 Å². The zero-order valence-electron chi connectivity index (χ0n) is 10.9. The van der Waals surface area contributed by atoms with Gasteiger partial charge in [-0.05, 0) is 12.5 Å². The highest BCUT2D eigenvalue weighted by Gasteiger charge is 2.21. The third-order valence-electron chi connectivity index (χ3n) is 3.09. The summed E-state index contributed by atoms with van der Waals surface area (Å²) in [5.74, 6) is -0.716. The fourth-order valence-corrected chi connectivity index (χ4v) is 3.12.